The zero-order chi connectivity index (χ0) is 24.5. The molecule has 184 valence electrons. The Morgan fingerprint density at radius 1 is 1.15 bits per heavy atom. The van der Waals surface area contributed by atoms with Crippen molar-refractivity contribution in [2.75, 3.05) is 0 Å². The normalized spacial score (nSPS) is 22.1. The molecule has 0 radical (unpaired) electrons. The second-order valence-electron chi connectivity index (χ2n) is 11.1. The van der Waals surface area contributed by atoms with E-state index in [0.29, 0.717) is 11.3 Å². The van der Waals surface area contributed by atoms with Gasteiger partial charge in [-0.2, -0.15) is 5.10 Å². The molecule has 2 amide bonds. The fraction of sp³-hybridized carbons (Fsp3) is 0.593. The standard InChI is InChI=1S/C27H37FN4O2/c1-26(2,3)23-16-22-24(33)31(17-19-11-10-12-20(28)15-19)27(4,18-32(22)30-23)25(34)29-21-13-8-6-5-7-9-14-21/h10-12,15-16,21H,5-9,13-14,17-18H2,1-4H3,(H,29,34)/t27-/m0/s1. The first-order valence-electron chi connectivity index (χ1n) is 12.5. The summed E-state index contributed by atoms with van der Waals surface area (Å²) in [5.41, 5.74) is 0.571. The second kappa shape index (κ2) is 9.51. The van der Waals surface area contributed by atoms with E-state index in [1.165, 1.54) is 31.4 Å². The van der Waals surface area contributed by atoms with Gasteiger partial charge in [0.25, 0.3) is 5.91 Å². The van der Waals surface area contributed by atoms with Crippen molar-refractivity contribution in [3.8, 4) is 0 Å². The molecule has 2 aliphatic rings. The first kappa shape index (κ1) is 24.4. The zero-order valence-electron chi connectivity index (χ0n) is 20.9. The number of fused-ring (bicyclic) bond motifs is 1. The minimum absolute atomic E-state index is 0.111. The molecule has 0 saturated heterocycles. The Balaban J connectivity index is 1.68. The van der Waals surface area contributed by atoms with Crippen LogP contribution in [-0.4, -0.2) is 38.1 Å². The Morgan fingerprint density at radius 2 is 1.82 bits per heavy atom. The molecule has 34 heavy (non-hydrogen) atoms. The smallest absolute Gasteiger partial charge is 0.273 e. The molecule has 2 aromatic rings. The minimum Gasteiger partial charge on any atom is -0.351 e. The number of halogens is 1. The van der Waals surface area contributed by atoms with Crippen LogP contribution in [0.2, 0.25) is 0 Å². The van der Waals surface area contributed by atoms with E-state index in [-0.39, 0.29) is 42.2 Å². The Hall–Kier alpha value is -2.70. The van der Waals surface area contributed by atoms with E-state index in [1.54, 1.807) is 21.7 Å². The highest BCUT2D eigenvalue weighted by Crippen LogP contribution is 2.32. The van der Waals surface area contributed by atoms with Crippen LogP contribution in [0, 0.1) is 5.82 Å². The van der Waals surface area contributed by atoms with Gasteiger partial charge in [-0.05, 0) is 43.5 Å². The maximum absolute atomic E-state index is 13.9. The van der Waals surface area contributed by atoms with Gasteiger partial charge in [-0.3, -0.25) is 14.3 Å². The van der Waals surface area contributed by atoms with Gasteiger partial charge in [0, 0.05) is 18.0 Å². The van der Waals surface area contributed by atoms with Crippen LogP contribution < -0.4 is 5.32 Å². The summed E-state index contributed by atoms with van der Waals surface area (Å²) in [6.45, 7) is 8.38. The molecular weight excluding hydrogens is 431 g/mol. The van der Waals surface area contributed by atoms with Gasteiger partial charge < -0.3 is 10.2 Å². The van der Waals surface area contributed by atoms with Gasteiger partial charge in [-0.1, -0.05) is 65.0 Å². The van der Waals surface area contributed by atoms with Crippen molar-refractivity contribution >= 4 is 11.8 Å². The summed E-state index contributed by atoms with van der Waals surface area (Å²) in [4.78, 5) is 29.1. The molecule has 1 aromatic heterocycles. The van der Waals surface area contributed by atoms with Crippen molar-refractivity contribution in [3.63, 3.8) is 0 Å². The van der Waals surface area contributed by atoms with E-state index >= 15 is 0 Å². The summed E-state index contributed by atoms with van der Waals surface area (Å²) in [5.74, 6) is -0.780. The van der Waals surface area contributed by atoms with Gasteiger partial charge in [0.05, 0.1) is 12.2 Å². The highest BCUT2D eigenvalue weighted by Gasteiger charge is 2.48. The van der Waals surface area contributed by atoms with Gasteiger partial charge in [-0.15, -0.1) is 0 Å². The summed E-state index contributed by atoms with van der Waals surface area (Å²) < 4.78 is 15.6. The van der Waals surface area contributed by atoms with Crippen LogP contribution in [0.25, 0.3) is 0 Å². The molecular formula is C27H37FN4O2. The summed E-state index contributed by atoms with van der Waals surface area (Å²) in [6, 6.07) is 8.16. The van der Waals surface area contributed by atoms with Crippen LogP contribution in [0.4, 0.5) is 4.39 Å². The molecule has 6 nitrogen and oxygen atoms in total. The predicted octanol–water partition coefficient (Wildman–Crippen LogP) is 4.96. The van der Waals surface area contributed by atoms with E-state index < -0.39 is 5.54 Å². The van der Waals surface area contributed by atoms with E-state index in [1.807, 2.05) is 13.0 Å². The van der Waals surface area contributed by atoms with Crippen molar-refractivity contribution in [3.05, 3.63) is 53.1 Å². The molecule has 4 rings (SSSR count). The number of rotatable bonds is 4. The maximum Gasteiger partial charge on any atom is 0.273 e. The monoisotopic (exact) mass is 468 g/mol. The highest BCUT2D eigenvalue weighted by molar-refractivity contribution is 5.99. The van der Waals surface area contributed by atoms with Crippen molar-refractivity contribution in [2.24, 2.45) is 0 Å². The van der Waals surface area contributed by atoms with Crippen molar-refractivity contribution in [2.45, 2.75) is 103 Å². The second-order valence-corrected chi connectivity index (χ2v) is 11.1. The number of hydrogen-bond donors (Lipinski definition) is 1. The quantitative estimate of drug-likeness (QED) is 0.689. The summed E-state index contributed by atoms with van der Waals surface area (Å²) in [6.07, 6.45) is 7.77. The first-order valence-corrected chi connectivity index (χ1v) is 12.5. The third-order valence-corrected chi connectivity index (χ3v) is 7.23. The van der Waals surface area contributed by atoms with Gasteiger partial charge in [0.2, 0.25) is 5.91 Å². The zero-order valence-corrected chi connectivity index (χ0v) is 20.9. The molecule has 0 spiro atoms. The van der Waals surface area contributed by atoms with Crippen LogP contribution in [0.1, 0.15) is 94.4 Å². The van der Waals surface area contributed by atoms with Crippen LogP contribution in [-0.2, 0) is 23.3 Å². The number of benzene rings is 1. The van der Waals surface area contributed by atoms with Gasteiger partial charge in [0.1, 0.15) is 17.1 Å². The van der Waals surface area contributed by atoms with Crippen LogP contribution in [0.15, 0.2) is 30.3 Å². The molecule has 1 fully saturated rings. The van der Waals surface area contributed by atoms with Crippen LogP contribution in [0.3, 0.4) is 0 Å². The lowest BCUT2D eigenvalue weighted by molar-refractivity contribution is -0.134. The number of carbonyl (C=O) groups is 2. The SMILES string of the molecule is CC(C)(C)c1cc2n(n1)C[C@@](C)(C(=O)NC1CCCCCCC1)N(Cc1cccc(F)c1)C2=O. The van der Waals surface area contributed by atoms with Crippen LogP contribution >= 0.6 is 0 Å². The number of hydrogen-bond acceptors (Lipinski definition) is 3. The number of amides is 2. The van der Waals surface area contributed by atoms with Gasteiger partial charge in [-0.25, -0.2) is 4.39 Å². The third kappa shape index (κ3) is 5.03. The lowest BCUT2D eigenvalue weighted by Crippen LogP contribution is -2.64. The average Bonchev–Trinajstić information content (AvgIpc) is 3.17. The maximum atomic E-state index is 13.9. The average molecular weight is 469 g/mol. The topological polar surface area (TPSA) is 67.2 Å². The number of nitrogens with one attached hydrogen (secondary N) is 1. The molecule has 7 heteroatoms. The Kier molecular flexibility index (Phi) is 6.83. The fourth-order valence-corrected chi connectivity index (χ4v) is 5.02. The van der Waals surface area contributed by atoms with Crippen LogP contribution in [0.5, 0.6) is 0 Å². The molecule has 1 saturated carbocycles. The van der Waals surface area contributed by atoms with E-state index in [4.69, 9.17) is 5.10 Å². The molecule has 0 bridgehead atoms. The van der Waals surface area contributed by atoms with Crippen molar-refractivity contribution in [1.82, 2.24) is 20.0 Å². The number of nitrogens with zero attached hydrogens (tertiary/aromatic N) is 3. The third-order valence-electron chi connectivity index (χ3n) is 7.23. The number of aromatic nitrogens is 2. The molecule has 1 atom stereocenters. The molecule has 1 aromatic carbocycles. The first-order chi connectivity index (χ1) is 16.1. The van der Waals surface area contributed by atoms with Gasteiger partial charge in [0.15, 0.2) is 0 Å². The van der Waals surface area contributed by atoms with Gasteiger partial charge >= 0.3 is 0 Å². The minimum atomic E-state index is -1.14. The van der Waals surface area contributed by atoms with Crippen molar-refractivity contribution < 1.29 is 14.0 Å². The molecule has 1 N–H and O–H groups in total. The molecule has 0 unspecified atom stereocenters. The summed E-state index contributed by atoms with van der Waals surface area (Å²) in [5, 5.41) is 7.97. The molecule has 2 heterocycles. The fourth-order valence-electron chi connectivity index (χ4n) is 5.02. The van der Waals surface area contributed by atoms with E-state index in [0.717, 1.165) is 31.4 Å². The lowest BCUT2D eigenvalue weighted by atomic mass is 9.91. The Labute approximate surface area is 201 Å². The van der Waals surface area contributed by atoms with Crippen molar-refractivity contribution in [1.29, 1.82) is 0 Å². The van der Waals surface area contributed by atoms with E-state index in [2.05, 4.69) is 26.1 Å². The summed E-state index contributed by atoms with van der Waals surface area (Å²) in [7, 11) is 0. The Bertz CT molecular complexity index is 1050. The molecule has 1 aliphatic carbocycles. The number of carbonyl (C=O) groups excluding carboxylic acids is 2. The highest BCUT2D eigenvalue weighted by atomic mass is 19.1. The molecule has 1 aliphatic heterocycles. The largest absolute Gasteiger partial charge is 0.351 e. The van der Waals surface area contributed by atoms with E-state index in [9.17, 15) is 14.0 Å². The Morgan fingerprint density at radius 3 is 2.47 bits per heavy atom. The summed E-state index contributed by atoms with van der Waals surface area (Å²) >= 11 is 0. The lowest BCUT2D eigenvalue weighted by Gasteiger charge is -2.44. The predicted molar refractivity (Wildman–Crippen MR) is 130 cm³/mol.